The molecule has 0 aromatic carbocycles. The summed E-state index contributed by atoms with van der Waals surface area (Å²) >= 11 is 0. The summed E-state index contributed by atoms with van der Waals surface area (Å²) in [5, 5.41) is 0. The van der Waals surface area contributed by atoms with Gasteiger partial charge in [0.05, 0.1) is 0 Å². The largest absolute Gasteiger partial charge is 0.0883 e. The minimum Gasteiger partial charge on any atom is -0.0883 e. The van der Waals surface area contributed by atoms with Crippen molar-refractivity contribution in [1.82, 2.24) is 0 Å². The lowest BCUT2D eigenvalue weighted by Crippen LogP contribution is -1.89. The Morgan fingerprint density at radius 3 is 2.31 bits per heavy atom. The van der Waals surface area contributed by atoms with Crippen molar-refractivity contribution in [2.24, 2.45) is 11.8 Å². The summed E-state index contributed by atoms with van der Waals surface area (Å²) in [4.78, 5) is 0. The Kier molecular flexibility index (Phi) is 8.18. The van der Waals surface area contributed by atoms with Crippen LogP contribution in [0.5, 0.6) is 0 Å². The smallest absolute Gasteiger partial charge is 0.0262 e. The monoisotopic (exact) mass is 182 g/mol. The molecule has 0 fully saturated rings. The van der Waals surface area contributed by atoms with Crippen LogP contribution in [-0.4, -0.2) is 0 Å². The van der Waals surface area contributed by atoms with Crippen LogP contribution in [-0.2, 0) is 0 Å². The van der Waals surface area contributed by atoms with Crippen molar-refractivity contribution < 1.29 is 0 Å². The molecule has 0 heterocycles. The van der Waals surface area contributed by atoms with Gasteiger partial charge in [0.1, 0.15) is 0 Å². The van der Waals surface area contributed by atoms with E-state index in [-0.39, 0.29) is 0 Å². The zero-order valence-electron chi connectivity index (χ0n) is 9.84. The summed E-state index contributed by atoms with van der Waals surface area (Å²) in [6, 6.07) is 0. The zero-order valence-corrected chi connectivity index (χ0v) is 9.84. The van der Waals surface area contributed by atoms with Gasteiger partial charge in [-0.25, -0.2) is 0 Å². The summed E-state index contributed by atoms with van der Waals surface area (Å²) in [6.45, 7) is 9.15. The van der Waals surface area contributed by atoms with Gasteiger partial charge < -0.3 is 0 Å². The molecular formula is C13H26. The van der Waals surface area contributed by atoms with Crippen LogP contribution < -0.4 is 0 Å². The molecule has 0 aliphatic carbocycles. The molecule has 1 atom stereocenters. The number of allylic oxidation sites excluding steroid dienone is 2. The number of hydrogen-bond acceptors (Lipinski definition) is 0. The van der Waals surface area contributed by atoms with Crippen molar-refractivity contribution >= 4 is 0 Å². The third-order valence-electron chi connectivity index (χ3n) is 2.39. The standard InChI is InChI=1S/C13H26/c1-5-6-10-13(4)11-8-7-9-12(2)3/h8,11-13H,5-7,9-10H2,1-4H3. The van der Waals surface area contributed by atoms with Crippen LogP contribution >= 0.6 is 0 Å². The van der Waals surface area contributed by atoms with Crippen LogP contribution in [0.1, 0.15) is 59.8 Å². The molecule has 0 rings (SSSR count). The molecular weight excluding hydrogens is 156 g/mol. The Labute approximate surface area is 84.4 Å². The molecule has 0 aliphatic rings. The second kappa shape index (κ2) is 8.34. The van der Waals surface area contributed by atoms with Gasteiger partial charge in [0.25, 0.3) is 0 Å². The van der Waals surface area contributed by atoms with Gasteiger partial charge in [-0.1, -0.05) is 52.7 Å². The fourth-order valence-corrected chi connectivity index (χ4v) is 1.38. The van der Waals surface area contributed by atoms with E-state index in [4.69, 9.17) is 0 Å². The fraction of sp³-hybridized carbons (Fsp3) is 0.846. The maximum atomic E-state index is 2.39. The van der Waals surface area contributed by atoms with Crippen LogP contribution in [0.4, 0.5) is 0 Å². The van der Waals surface area contributed by atoms with Crippen LogP contribution in [0.25, 0.3) is 0 Å². The first kappa shape index (κ1) is 12.7. The molecule has 0 aliphatic heterocycles. The molecule has 78 valence electrons. The predicted molar refractivity (Wildman–Crippen MR) is 61.9 cm³/mol. The minimum atomic E-state index is 0.784. The molecule has 0 N–H and O–H groups in total. The molecule has 0 saturated heterocycles. The first-order valence-electron chi connectivity index (χ1n) is 5.83. The van der Waals surface area contributed by atoms with E-state index in [1.807, 2.05) is 0 Å². The fourth-order valence-electron chi connectivity index (χ4n) is 1.38. The lowest BCUT2D eigenvalue weighted by atomic mass is 10.0. The van der Waals surface area contributed by atoms with Crippen molar-refractivity contribution in [3.63, 3.8) is 0 Å². The minimum absolute atomic E-state index is 0.784. The zero-order chi connectivity index (χ0) is 10.1. The quantitative estimate of drug-likeness (QED) is 0.496. The van der Waals surface area contributed by atoms with Crippen molar-refractivity contribution in [1.29, 1.82) is 0 Å². The highest BCUT2D eigenvalue weighted by atomic mass is 14.0. The second-order valence-corrected chi connectivity index (χ2v) is 4.52. The van der Waals surface area contributed by atoms with E-state index < -0.39 is 0 Å². The van der Waals surface area contributed by atoms with E-state index in [9.17, 15) is 0 Å². The van der Waals surface area contributed by atoms with Crippen LogP contribution in [0.3, 0.4) is 0 Å². The van der Waals surface area contributed by atoms with Gasteiger partial charge in [0.2, 0.25) is 0 Å². The normalized spacial score (nSPS) is 14.2. The molecule has 0 amide bonds. The molecule has 13 heavy (non-hydrogen) atoms. The second-order valence-electron chi connectivity index (χ2n) is 4.52. The molecule has 0 spiro atoms. The SMILES string of the molecule is CCCCC(C)C=CCCC(C)C. The Hall–Kier alpha value is -0.260. The predicted octanol–water partition coefficient (Wildman–Crippen LogP) is 4.81. The van der Waals surface area contributed by atoms with E-state index in [0.29, 0.717) is 0 Å². The Morgan fingerprint density at radius 1 is 1.08 bits per heavy atom. The molecule has 0 nitrogen and oxygen atoms in total. The molecule has 0 heteroatoms. The Balaban J connectivity index is 3.36. The van der Waals surface area contributed by atoms with Gasteiger partial charge in [-0.15, -0.1) is 0 Å². The molecule has 0 aromatic heterocycles. The van der Waals surface area contributed by atoms with Gasteiger partial charge in [-0.2, -0.15) is 0 Å². The lowest BCUT2D eigenvalue weighted by Gasteiger charge is -2.04. The molecule has 1 unspecified atom stereocenters. The summed E-state index contributed by atoms with van der Waals surface area (Å²) in [7, 11) is 0. The van der Waals surface area contributed by atoms with Crippen molar-refractivity contribution in [3.05, 3.63) is 12.2 Å². The average Bonchev–Trinajstić information content (AvgIpc) is 2.08. The maximum Gasteiger partial charge on any atom is -0.0262 e. The first-order valence-corrected chi connectivity index (χ1v) is 5.83. The van der Waals surface area contributed by atoms with Gasteiger partial charge >= 0.3 is 0 Å². The van der Waals surface area contributed by atoms with Crippen LogP contribution in [0.15, 0.2) is 12.2 Å². The van der Waals surface area contributed by atoms with Gasteiger partial charge in [-0.3, -0.25) is 0 Å². The Bertz CT molecular complexity index is 122. The number of hydrogen-bond donors (Lipinski definition) is 0. The van der Waals surface area contributed by atoms with Crippen LogP contribution in [0, 0.1) is 11.8 Å². The third-order valence-corrected chi connectivity index (χ3v) is 2.39. The summed E-state index contributed by atoms with van der Waals surface area (Å²) in [5.41, 5.74) is 0. The number of rotatable bonds is 7. The van der Waals surface area contributed by atoms with Gasteiger partial charge in [0.15, 0.2) is 0 Å². The van der Waals surface area contributed by atoms with E-state index in [1.54, 1.807) is 0 Å². The molecule has 0 saturated carbocycles. The van der Waals surface area contributed by atoms with E-state index in [1.165, 1.54) is 32.1 Å². The van der Waals surface area contributed by atoms with E-state index in [2.05, 4.69) is 39.8 Å². The number of unbranched alkanes of at least 4 members (excludes halogenated alkanes) is 1. The summed E-state index contributed by atoms with van der Waals surface area (Å²) in [5.74, 6) is 1.63. The van der Waals surface area contributed by atoms with E-state index in [0.717, 1.165) is 11.8 Å². The summed E-state index contributed by atoms with van der Waals surface area (Å²) in [6.07, 6.45) is 11.4. The Morgan fingerprint density at radius 2 is 1.77 bits per heavy atom. The van der Waals surface area contributed by atoms with Crippen molar-refractivity contribution in [3.8, 4) is 0 Å². The van der Waals surface area contributed by atoms with Crippen LogP contribution in [0.2, 0.25) is 0 Å². The molecule has 0 bridgehead atoms. The lowest BCUT2D eigenvalue weighted by molar-refractivity contribution is 0.580. The molecule has 0 aromatic rings. The highest BCUT2D eigenvalue weighted by molar-refractivity contribution is 4.86. The highest BCUT2D eigenvalue weighted by Crippen LogP contribution is 2.10. The first-order chi connectivity index (χ1) is 6.16. The average molecular weight is 182 g/mol. The van der Waals surface area contributed by atoms with Gasteiger partial charge in [0, 0.05) is 0 Å². The topological polar surface area (TPSA) is 0 Å². The van der Waals surface area contributed by atoms with Gasteiger partial charge in [-0.05, 0) is 31.1 Å². The summed E-state index contributed by atoms with van der Waals surface area (Å²) < 4.78 is 0. The molecule has 0 radical (unpaired) electrons. The highest BCUT2D eigenvalue weighted by Gasteiger charge is 1.95. The maximum absolute atomic E-state index is 2.39. The third kappa shape index (κ3) is 9.66. The van der Waals surface area contributed by atoms with E-state index >= 15 is 0 Å². The van der Waals surface area contributed by atoms with Crippen molar-refractivity contribution in [2.45, 2.75) is 59.8 Å². The van der Waals surface area contributed by atoms with Crippen molar-refractivity contribution in [2.75, 3.05) is 0 Å².